The molecule has 2 aromatic heterocycles. The Morgan fingerprint density at radius 1 is 0.409 bits per heavy atom. The molecular formula is C39H25FN4. The second-order valence-corrected chi connectivity index (χ2v) is 10.6. The summed E-state index contributed by atoms with van der Waals surface area (Å²) in [7, 11) is 0. The van der Waals surface area contributed by atoms with E-state index in [9.17, 15) is 0 Å². The van der Waals surface area contributed by atoms with Crippen molar-refractivity contribution in [1.29, 1.82) is 0 Å². The highest BCUT2D eigenvalue weighted by molar-refractivity contribution is 6.10. The van der Waals surface area contributed by atoms with Crippen molar-refractivity contribution in [3.63, 3.8) is 0 Å². The molecule has 44 heavy (non-hydrogen) atoms. The normalized spacial score (nSPS) is 11.3. The van der Waals surface area contributed by atoms with Gasteiger partial charge in [-0.3, -0.25) is 0 Å². The highest BCUT2D eigenvalue weighted by atomic mass is 19.1. The van der Waals surface area contributed by atoms with Gasteiger partial charge in [-0.1, -0.05) is 115 Å². The first-order valence-electron chi connectivity index (χ1n) is 14.5. The molecule has 0 aliphatic heterocycles. The van der Waals surface area contributed by atoms with Gasteiger partial charge in [0, 0.05) is 33.2 Å². The summed E-state index contributed by atoms with van der Waals surface area (Å²) in [5.74, 6) is 0.908. The zero-order valence-electron chi connectivity index (χ0n) is 23.6. The Balaban J connectivity index is 1.30. The number of rotatable bonds is 5. The number of nitrogens with zero attached hydrogens (tertiary/aromatic N) is 4. The summed E-state index contributed by atoms with van der Waals surface area (Å²) in [4.78, 5) is 14.3. The van der Waals surface area contributed by atoms with Gasteiger partial charge in [-0.25, -0.2) is 19.3 Å². The summed E-state index contributed by atoms with van der Waals surface area (Å²) >= 11 is 0. The maximum atomic E-state index is 16.6. The van der Waals surface area contributed by atoms with E-state index in [-0.39, 0.29) is 5.82 Å². The van der Waals surface area contributed by atoms with E-state index in [1.807, 2.05) is 109 Å². The molecule has 6 aromatic carbocycles. The van der Waals surface area contributed by atoms with E-state index < -0.39 is 0 Å². The molecule has 0 atom stereocenters. The summed E-state index contributed by atoms with van der Waals surface area (Å²) in [6.07, 6.45) is 0. The number of aromatic nitrogens is 4. The van der Waals surface area contributed by atoms with E-state index in [0.29, 0.717) is 28.6 Å². The first-order valence-corrected chi connectivity index (χ1v) is 14.5. The molecule has 4 nitrogen and oxygen atoms in total. The van der Waals surface area contributed by atoms with E-state index in [4.69, 9.17) is 15.0 Å². The molecule has 0 aliphatic rings. The van der Waals surface area contributed by atoms with Crippen molar-refractivity contribution >= 4 is 21.8 Å². The minimum absolute atomic E-state index is 0.291. The van der Waals surface area contributed by atoms with E-state index in [1.165, 1.54) is 0 Å². The molecule has 0 fully saturated rings. The van der Waals surface area contributed by atoms with Crippen LogP contribution in [0.4, 0.5) is 4.39 Å². The lowest BCUT2D eigenvalue weighted by atomic mass is 9.99. The zero-order chi connectivity index (χ0) is 29.5. The summed E-state index contributed by atoms with van der Waals surface area (Å²) in [5, 5.41) is 2.17. The standard InChI is InChI=1S/C39H25FN4/c40-36-30(28-23-24-35-33(25-28)31-19-10-11-22-34(31)44(35)29-17-8-3-9-18-29)20-12-21-32(36)39-42-37(26-13-4-1-5-14-26)41-38(43-39)27-15-6-2-7-16-27/h1-25H. The molecule has 208 valence electrons. The Morgan fingerprint density at radius 2 is 0.955 bits per heavy atom. The zero-order valence-corrected chi connectivity index (χ0v) is 23.6. The number of hydrogen-bond donors (Lipinski definition) is 0. The lowest BCUT2D eigenvalue weighted by molar-refractivity contribution is 0.633. The Morgan fingerprint density at radius 3 is 1.64 bits per heavy atom. The smallest absolute Gasteiger partial charge is 0.167 e. The number of hydrogen-bond acceptors (Lipinski definition) is 3. The topological polar surface area (TPSA) is 43.6 Å². The van der Waals surface area contributed by atoms with Crippen LogP contribution in [0.2, 0.25) is 0 Å². The first kappa shape index (κ1) is 25.7. The molecule has 0 bridgehead atoms. The Hall–Kier alpha value is -5.94. The van der Waals surface area contributed by atoms with Crippen LogP contribution in [0.1, 0.15) is 0 Å². The third kappa shape index (κ3) is 4.43. The van der Waals surface area contributed by atoms with Crippen molar-refractivity contribution in [3.05, 3.63) is 157 Å². The molecule has 8 rings (SSSR count). The van der Waals surface area contributed by atoms with Gasteiger partial charge >= 0.3 is 0 Å². The van der Waals surface area contributed by atoms with Crippen LogP contribution in [0.25, 0.3) is 72.8 Å². The van der Waals surface area contributed by atoms with Gasteiger partial charge < -0.3 is 4.57 Å². The monoisotopic (exact) mass is 568 g/mol. The molecule has 0 unspecified atom stereocenters. The SMILES string of the molecule is Fc1c(-c2ccc3c(c2)c2ccccc2n3-c2ccccc2)cccc1-c1nc(-c2ccccc2)nc(-c2ccccc2)n1. The fraction of sp³-hybridized carbons (Fsp3) is 0. The van der Waals surface area contributed by atoms with Gasteiger partial charge in [-0.15, -0.1) is 0 Å². The van der Waals surface area contributed by atoms with Gasteiger partial charge in [0.1, 0.15) is 5.82 Å². The maximum absolute atomic E-state index is 16.6. The molecule has 0 amide bonds. The van der Waals surface area contributed by atoms with Gasteiger partial charge in [0.2, 0.25) is 0 Å². The van der Waals surface area contributed by atoms with Crippen LogP contribution in [0.5, 0.6) is 0 Å². The highest BCUT2D eigenvalue weighted by Gasteiger charge is 2.19. The minimum Gasteiger partial charge on any atom is -0.309 e. The third-order valence-electron chi connectivity index (χ3n) is 7.94. The highest BCUT2D eigenvalue weighted by Crippen LogP contribution is 2.37. The number of benzene rings is 6. The van der Waals surface area contributed by atoms with Crippen molar-refractivity contribution in [2.24, 2.45) is 0 Å². The van der Waals surface area contributed by atoms with Crippen LogP contribution in [-0.4, -0.2) is 19.5 Å². The van der Waals surface area contributed by atoms with Crippen LogP contribution in [-0.2, 0) is 0 Å². The number of para-hydroxylation sites is 2. The minimum atomic E-state index is -0.372. The van der Waals surface area contributed by atoms with Crippen molar-refractivity contribution in [2.45, 2.75) is 0 Å². The third-order valence-corrected chi connectivity index (χ3v) is 7.94. The molecule has 5 heteroatoms. The molecule has 8 aromatic rings. The van der Waals surface area contributed by atoms with E-state index in [1.54, 1.807) is 6.07 Å². The average Bonchev–Trinajstić information content (AvgIpc) is 3.43. The van der Waals surface area contributed by atoms with Gasteiger partial charge in [0.05, 0.1) is 16.6 Å². The summed E-state index contributed by atoms with van der Waals surface area (Å²) in [5.41, 5.74) is 6.53. The van der Waals surface area contributed by atoms with Gasteiger partial charge in [0.15, 0.2) is 17.5 Å². The quantitative estimate of drug-likeness (QED) is 0.208. The van der Waals surface area contributed by atoms with Crippen molar-refractivity contribution in [2.75, 3.05) is 0 Å². The summed E-state index contributed by atoms with van der Waals surface area (Å²) in [6, 6.07) is 49.6. The number of fused-ring (bicyclic) bond motifs is 3. The molecule has 2 heterocycles. The van der Waals surface area contributed by atoms with E-state index >= 15 is 4.39 Å². The van der Waals surface area contributed by atoms with Crippen molar-refractivity contribution < 1.29 is 4.39 Å². The summed E-state index contributed by atoms with van der Waals surface area (Å²) in [6.45, 7) is 0. The first-order chi connectivity index (χ1) is 21.7. The fourth-order valence-corrected chi connectivity index (χ4v) is 5.85. The molecule has 0 saturated heterocycles. The predicted molar refractivity (Wildman–Crippen MR) is 176 cm³/mol. The van der Waals surface area contributed by atoms with Crippen LogP contribution in [0.15, 0.2) is 152 Å². The maximum Gasteiger partial charge on any atom is 0.167 e. The second kappa shape index (κ2) is 10.7. The average molecular weight is 569 g/mol. The Kier molecular flexibility index (Phi) is 6.27. The fourth-order valence-electron chi connectivity index (χ4n) is 5.85. The van der Waals surface area contributed by atoms with Gasteiger partial charge in [-0.2, -0.15) is 0 Å². The number of halogens is 1. The van der Waals surface area contributed by atoms with Gasteiger partial charge in [0.25, 0.3) is 0 Å². The van der Waals surface area contributed by atoms with Crippen LogP contribution in [0.3, 0.4) is 0 Å². The van der Waals surface area contributed by atoms with E-state index in [2.05, 4.69) is 41.0 Å². The van der Waals surface area contributed by atoms with Crippen molar-refractivity contribution in [3.8, 4) is 51.0 Å². The molecule has 0 N–H and O–H groups in total. The largest absolute Gasteiger partial charge is 0.309 e. The van der Waals surface area contributed by atoms with Crippen LogP contribution < -0.4 is 0 Å². The van der Waals surface area contributed by atoms with Crippen molar-refractivity contribution in [1.82, 2.24) is 19.5 Å². The molecule has 0 aliphatic carbocycles. The predicted octanol–water partition coefficient (Wildman–Crippen LogP) is 9.78. The lowest BCUT2D eigenvalue weighted by Crippen LogP contribution is -2.02. The molecule has 0 saturated carbocycles. The van der Waals surface area contributed by atoms with Crippen LogP contribution >= 0.6 is 0 Å². The second-order valence-electron chi connectivity index (χ2n) is 10.6. The van der Waals surface area contributed by atoms with Crippen LogP contribution in [0, 0.1) is 5.82 Å². The Labute approximate surface area is 253 Å². The summed E-state index contributed by atoms with van der Waals surface area (Å²) < 4.78 is 18.8. The molecular weight excluding hydrogens is 543 g/mol. The molecule has 0 spiro atoms. The Bertz CT molecular complexity index is 2220. The van der Waals surface area contributed by atoms with E-state index in [0.717, 1.165) is 44.2 Å². The van der Waals surface area contributed by atoms with Gasteiger partial charge in [-0.05, 0) is 42.0 Å². The molecule has 0 radical (unpaired) electrons. The lowest BCUT2D eigenvalue weighted by Gasteiger charge is -2.12.